The molecule has 53 heavy (non-hydrogen) atoms. The standard InChI is InChI=1S/C39H41ClF3N5O5/c1-38(51)15-24(16-38)44-17-21-10-12-32(46-35(21)52-2)29-9-5-8-28(33(29)40)25-6-4-7-27-26(25)11-13-31(27)45-34-30(39(41,42)43)14-22(36(47-34)53-3)18-48-19-23(20-48)37(49)50/h4-10,12,14,23-24,31,44,51H,11,13,15-20H2,1-3H3,(H,45,47)(H,49,50)/t24-,31-,38-/m0/s1. The second-order valence-corrected chi connectivity index (χ2v) is 14.8. The number of fused-ring (bicyclic) bond motifs is 1. The van der Waals surface area contributed by atoms with Gasteiger partial charge in [0.05, 0.1) is 48.1 Å². The molecule has 2 aromatic heterocycles. The van der Waals surface area contributed by atoms with E-state index in [4.69, 9.17) is 26.1 Å². The number of aromatic nitrogens is 2. The number of benzene rings is 2. The third kappa shape index (κ3) is 7.53. The lowest BCUT2D eigenvalue weighted by Crippen LogP contribution is -2.51. The normalized spacial score (nSPS) is 21.4. The Labute approximate surface area is 310 Å². The molecule has 14 heteroatoms. The van der Waals surface area contributed by atoms with Gasteiger partial charge in [0.2, 0.25) is 11.8 Å². The third-order valence-corrected chi connectivity index (χ3v) is 10.9. The summed E-state index contributed by atoms with van der Waals surface area (Å²) in [7, 11) is 2.93. The van der Waals surface area contributed by atoms with Crippen LogP contribution in [0.2, 0.25) is 5.02 Å². The molecule has 3 aliphatic rings. The van der Waals surface area contributed by atoms with Crippen molar-refractivity contribution in [2.24, 2.45) is 5.92 Å². The van der Waals surface area contributed by atoms with Crippen LogP contribution in [0.1, 0.15) is 60.0 Å². The van der Waals surface area contributed by atoms with Gasteiger partial charge in [0.25, 0.3) is 0 Å². The van der Waals surface area contributed by atoms with Gasteiger partial charge in [-0.3, -0.25) is 9.69 Å². The number of nitrogens with zero attached hydrogens (tertiary/aromatic N) is 3. The van der Waals surface area contributed by atoms with Crippen LogP contribution in [0.25, 0.3) is 22.4 Å². The summed E-state index contributed by atoms with van der Waals surface area (Å²) in [6.45, 7) is 2.96. The van der Waals surface area contributed by atoms with E-state index in [2.05, 4.69) is 15.6 Å². The minimum absolute atomic E-state index is 0.0528. The summed E-state index contributed by atoms with van der Waals surface area (Å²) in [5.74, 6) is -1.27. The van der Waals surface area contributed by atoms with E-state index in [1.165, 1.54) is 7.11 Å². The van der Waals surface area contributed by atoms with Crippen molar-refractivity contribution in [1.29, 1.82) is 0 Å². The highest BCUT2D eigenvalue weighted by Crippen LogP contribution is 2.45. The molecule has 2 fully saturated rings. The fourth-order valence-corrected chi connectivity index (χ4v) is 8.07. The molecule has 1 atom stereocenters. The van der Waals surface area contributed by atoms with Gasteiger partial charge in [-0.2, -0.15) is 18.2 Å². The number of ether oxygens (including phenoxy) is 2. The Morgan fingerprint density at radius 3 is 2.36 bits per heavy atom. The van der Waals surface area contributed by atoms with E-state index in [0.29, 0.717) is 54.4 Å². The van der Waals surface area contributed by atoms with Crippen molar-refractivity contribution in [2.45, 2.75) is 69.6 Å². The lowest BCUT2D eigenvalue weighted by Gasteiger charge is -2.41. The van der Waals surface area contributed by atoms with Crippen molar-refractivity contribution in [3.63, 3.8) is 0 Å². The van der Waals surface area contributed by atoms with Crippen LogP contribution in [0.3, 0.4) is 0 Å². The first-order valence-electron chi connectivity index (χ1n) is 17.5. The number of halogens is 4. The lowest BCUT2D eigenvalue weighted by molar-refractivity contribution is -0.147. The molecule has 1 saturated carbocycles. The Hall–Kier alpha value is -4.43. The molecule has 0 unspecified atom stereocenters. The van der Waals surface area contributed by atoms with E-state index >= 15 is 0 Å². The quantitative estimate of drug-likeness (QED) is 0.119. The minimum atomic E-state index is -4.70. The van der Waals surface area contributed by atoms with Crippen molar-refractivity contribution < 1.29 is 37.7 Å². The smallest absolute Gasteiger partial charge is 0.419 e. The largest absolute Gasteiger partial charge is 0.481 e. The number of pyridine rings is 2. The molecule has 0 spiro atoms. The molecule has 4 N–H and O–H groups in total. The van der Waals surface area contributed by atoms with Crippen molar-refractivity contribution in [1.82, 2.24) is 20.2 Å². The zero-order valence-electron chi connectivity index (χ0n) is 29.6. The van der Waals surface area contributed by atoms with Crippen LogP contribution in [0, 0.1) is 5.92 Å². The Balaban J connectivity index is 1.13. The van der Waals surface area contributed by atoms with Gasteiger partial charge < -0.3 is 30.3 Å². The molecule has 10 nitrogen and oxygen atoms in total. The molecule has 280 valence electrons. The summed E-state index contributed by atoms with van der Waals surface area (Å²) < 4.78 is 54.5. The van der Waals surface area contributed by atoms with E-state index in [-0.39, 0.29) is 42.9 Å². The Bertz CT molecular complexity index is 2030. The average molecular weight is 752 g/mol. The lowest BCUT2D eigenvalue weighted by atomic mass is 9.77. The molecule has 4 aromatic rings. The van der Waals surface area contributed by atoms with Crippen LogP contribution in [-0.2, 0) is 30.5 Å². The second kappa shape index (κ2) is 14.4. The second-order valence-electron chi connectivity index (χ2n) is 14.4. The monoisotopic (exact) mass is 751 g/mol. The number of carboxylic acids is 1. The van der Waals surface area contributed by atoms with Gasteiger partial charge in [-0.15, -0.1) is 0 Å². The molecule has 0 amide bonds. The van der Waals surface area contributed by atoms with E-state index in [1.54, 1.807) is 12.0 Å². The Kier molecular flexibility index (Phi) is 10.0. The molecule has 0 radical (unpaired) electrons. The number of carbonyl (C=O) groups is 1. The molecular weight excluding hydrogens is 711 g/mol. The Morgan fingerprint density at radius 1 is 1.00 bits per heavy atom. The fraction of sp³-hybridized carbons (Fsp3) is 0.410. The van der Waals surface area contributed by atoms with Crippen LogP contribution in [0.4, 0.5) is 19.0 Å². The van der Waals surface area contributed by atoms with Gasteiger partial charge in [-0.1, -0.05) is 54.1 Å². The molecule has 1 aliphatic heterocycles. The summed E-state index contributed by atoms with van der Waals surface area (Å²) in [6, 6.07) is 16.1. The summed E-state index contributed by atoms with van der Waals surface area (Å²) in [5, 5.41) is 26.3. The molecule has 2 aliphatic carbocycles. The van der Waals surface area contributed by atoms with Gasteiger partial charge >= 0.3 is 12.1 Å². The zero-order chi connectivity index (χ0) is 37.7. The van der Waals surface area contributed by atoms with Gasteiger partial charge in [0.1, 0.15) is 5.82 Å². The number of anilines is 1. The van der Waals surface area contributed by atoms with E-state index in [1.807, 2.05) is 55.5 Å². The summed E-state index contributed by atoms with van der Waals surface area (Å²) in [6.07, 6.45) is -2.19. The first-order chi connectivity index (χ1) is 25.2. The number of aliphatic carboxylic acids is 1. The van der Waals surface area contributed by atoms with Gasteiger partial charge in [0, 0.05) is 54.5 Å². The predicted molar refractivity (Wildman–Crippen MR) is 194 cm³/mol. The van der Waals surface area contributed by atoms with Crippen LogP contribution >= 0.6 is 11.6 Å². The maximum absolute atomic E-state index is 14.5. The minimum Gasteiger partial charge on any atom is -0.481 e. The van der Waals surface area contributed by atoms with Crippen molar-refractivity contribution in [3.8, 4) is 34.1 Å². The average Bonchev–Trinajstić information content (AvgIpc) is 3.50. The number of likely N-dealkylation sites (tertiary alicyclic amines) is 1. The van der Waals surface area contributed by atoms with Gasteiger partial charge in [-0.05, 0) is 61.4 Å². The van der Waals surface area contributed by atoms with Crippen LogP contribution in [-0.4, -0.2) is 70.0 Å². The molecule has 1 saturated heterocycles. The van der Waals surface area contributed by atoms with Crippen molar-refractivity contribution >= 4 is 23.4 Å². The highest BCUT2D eigenvalue weighted by Gasteiger charge is 2.40. The van der Waals surface area contributed by atoms with E-state index in [9.17, 15) is 28.2 Å². The predicted octanol–water partition coefficient (Wildman–Crippen LogP) is 7.12. The molecule has 0 bridgehead atoms. The highest BCUT2D eigenvalue weighted by atomic mass is 35.5. The van der Waals surface area contributed by atoms with Crippen molar-refractivity contribution in [2.75, 3.05) is 32.6 Å². The Morgan fingerprint density at radius 2 is 1.68 bits per heavy atom. The SMILES string of the molecule is COc1nc(-c2cccc(-c3cccc4c3CC[C@@H]4Nc3nc(OC)c(CN4CC(C(=O)O)C4)cc3C(F)(F)F)c2Cl)ccc1CN[C@H]1C[C@](C)(O)C1. The maximum Gasteiger partial charge on any atom is 0.419 e. The number of hydrogen-bond donors (Lipinski definition) is 4. The molecule has 2 aromatic carbocycles. The topological polar surface area (TPSA) is 129 Å². The van der Waals surface area contributed by atoms with Gasteiger partial charge in [0.15, 0.2) is 0 Å². The molecule has 3 heterocycles. The van der Waals surface area contributed by atoms with Crippen LogP contribution in [0.5, 0.6) is 11.8 Å². The number of alkyl halides is 3. The first kappa shape index (κ1) is 36.9. The highest BCUT2D eigenvalue weighted by molar-refractivity contribution is 6.36. The third-order valence-electron chi connectivity index (χ3n) is 10.5. The van der Waals surface area contributed by atoms with Crippen molar-refractivity contribution in [3.05, 3.63) is 87.4 Å². The summed E-state index contributed by atoms with van der Waals surface area (Å²) >= 11 is 7.12. The zero-order valence-corrected chi connectivity index (χ0v) is 30.3. The van der Waals surface area contributed by atoms with E-state index in [0.717, 1.165) is 33.9 Å². The number of aliphatic hydroxyl groups is 1. The van der Waals surface area contributed by atoms with E-state index < -0.39 is 35.3 Å². The number of rotatable bonds is 12. The number of carboxylic acid groups (broad SMARTS) is 1. The van der Waals surface area contributed by atoms with Crippen LogP contribution < -0.4 is 20.1 Å². The fourth-order valence-electron chi connectivity index (χ4n) is 7.74. The number of methoxy groups -OCH3 is 2. The molecular formula is C39H41ClF3N5O5. The van der Waals surface area contributed by atoms with Crippen LogP contribution in [0.15, 0.2) is 54.6 Å². The summed E-state index contributed by atoms with van der Waals surface area (Å²) in [5.41, 5.74) is 4.43. The first-order valence-corrected chi connectivity index (χ1v) is 17.9. The maximum atomic E-state index is 14.5. The van der Waals surface area contributed by atoms with Gasteiger partial charge in [-0.25, -0.2) is 4.98 Å². The number of hydrogen-bond acceptors (Lipinski definition) is 9. The summed E-state index contributed by atoms with van der Waals surface area (Å²) in [4.78, 5) is 22.1. The molecule has 7 rings (SSSR count). The number of nitrogens with one attached hydrogen (secondary N) is 2.